The van der Waals surface area contributed by atoms with Gasteiger partial charge in [0.05, 0.1) is 0 Å². The monoisotopic (exact) mass is 490 g/mol. The average molecular weight is 490 g/mol. The molecule has 0 amide bonds. The third-order valence-electron chi connectivity index (χ3n) is 3.84. The molecule has 4 rings (SSSR count). The molecule has 1 aromatic heterocycles. The van der Waals surface area contributed by atoms with Crippen LogP contribution in [0.1, 0.15) is 0 Å². The van der Waals surface area contributed by atoms with Crippen LogP contribution in [0.2, 0.25) is 0 Å². The van der Waals surface area contributed by atoms with Gasteiger partial charge < -0.3 is 0 Å². The Morgan fingerprint density at radius 1 is 0.548 bits per heavy atom. The van der Waals surface area contributed by atoms with Crippen LogP contribution in [0, 0.1) is 0 Å². The maximum absolute atomic E-state index is 10.7. The van der Waals surface area contributed by atoms with Gasteiger partial charge >= 0.3 is 33.0 Å². The van der Waals surface area contributed by atoms with Crippen molar-refractivity contribution in [3.63, 3.8) is 0 Å². The maximum Gasteiger partial charge on any atom is 0.220 e. The molecule has 0 saturated carbocycles. The third-order valence-corrected chi connectivity index (χ3v) is 7.36. The van der Waals surface area contributed by atoms with Crippen LogP contribution in [0.4, 0.5) is 25.2 Å². The van der Waals surface area contributed by atoms with Gasteiger partial charge in [-0.1, -0.05) is 78.1 Å². The quantitative estimate of drug-likeness (QED) is 0.152. The summed E-state index contributed by atoms with van der Waals surface area (Å²) in [5.74, 6) is 0. The van der Waals surface area contributed by atoms with Crippen molar-refractivity contribution in [3.8, 4) is 11.1 Å². The van der Waals surface area contributed by atoms with Crippen LogP contribution in [-0.4, -0.2) is 0 Å². The molecule has 0 bridgehead atoms. The van der Waals surface area contributed by atoms with Gasteiger partial charge in [-0.2, -0.15) is 0 Å². The third kappa shape index (κ3) is 8.40. The Kier molecular flexibility index (Phi) is 6.29. The largest absolute Gasteiger partial charge is 0.220 e. The fourth-order valence-electron chi connectivity index (χ4n) is 2.69. The second kappa shape index (κ2) is 8.34. The molecule has 1 heterocycles. The number of hydrogen-bond donors (Lipinski definition) is 0. The number of halogens is 6. The summed E-state index contributed by atoms with van der Waals surface area (Å²) in [5.41, 5.74) is 2.59. The first-order chi connectivity index (χ1) is 14.4. The fraction of sp³-hybridized carbons (Fsp3) is 0. The summed E-state index contributed by atoms with van der Waals surface area (Å²) in [6, 6.07) is 34.6. The molecule has 0 unspecified atom stereocenters. The van der Waals surface area contributed by atoms with Crippen molar-refractivity contribution in [3.05, 3.63) is 102 Å². The molecule has 4 aromatic rings. The van der Waals surface area contributed by atoms with E-state index in [1.54, 1.807) is 0 Å². The molecular formula is C22H17F6PS2. The van der Waals surface area contributed by atoms with E-state index in [1.165, 1.54) is 25.1 Å². The first kappa shape index (κ1) is 23.4. The molecule has 0 atom stereocenters. The van der Waals surface area contributed by atoms with Crippen molar-refractivity contribution in [2.75, 3.05) is 0 Å². The molecule has 0 radical (unpaired) electrons. The van der Waals surface area contributed by atoms with E-state index in [9.17, 15) is 25.2 Å². The number of hydrogen-bond acceptors (Lipinski definition) is 1. The van der Waals surface area contributed by atoms with Crippen LogP contribution < -0.4 is 0 Å². The van der Waals surface area contributed by atoms with Gasteiger partial charge in [0.1, 0.15) is 10.9 Å². The Hall–Kier alpha value is -2.28. The van der Waals surface area contributed by atoms with Gasteiger partial charge in [-0.05, 0) is 35.4 Å². The Bertz CT molecular complexity index is 1060. The van der Waals surface area contributed by atoms with E-state index in [0.717, 1.165) is 0 Å². The first-order valence-corrected chi connectivity index (χ1v) is 13.0. The summed E-state index contributed by atoms with van der Waals surface area (Å²) in [6.07, 6.45) is 0. The van der Waals surface area contributed by atoms with Gasteiger partial charge in [0, 0.05) is 11.4 Å². The number of rotatable bonds is 4. The van der Waals surface area contributed by atoms with Gasteiger partial charge in [0.2, 0.25) is 4.21 Å². The molecule has 164 valence electrons. The summed E-state index contributed by atoms with van der Waals surface area (Å²) < 4.78 is 60.6. The van der Waals surface area contributed by atoms with Crippen LogP contribution in [0.15, 0.2) is 116 Å². The van der Waals surface area contributed by atoms with E-state index in [0.29, 0.717) is 0 Å². The Morgan fingerprint density at radius 3 is 1.35 bits per heavy atom. The predicted molar refractivity (Wildman–Crippen MR) is 118 cm³/mol. The van der Waals surface area contributed by atoms with Crippen LogP contribution in [-0.2, 0) is 10.9 Å². The van der Waals surface area contributed by atoms with Crippen molar-refractivity contribution < 1.29 is 25.2 Å². The normalized spacial score (nSPS) is 13.6. The standard InChI is InChI=1S/C22H17S2.F6P/c1-4-10-18(11-5-1)19-16-22(23-17-19)24(20-12-6-2-7-13-20)21-14-8-3-9-15-21;1-7(2,3,4,5)6/h1-17H;/q+1;-1. The molecule has 0 N–H and O–H groups in total. The molecule has 0 saturated heterocycles. The van der Waals surface area contributed by atoms with Gasteiger partial charge in [0.15, 0.2) is 9.79 Å². The summed E-state index contributed by atoms with van der Waals surface area (Å²) in [7, 11) is -10.7. The maximum atomic E-state index is 9.87. The Morgan fingerprint density at radius 2 is 0.935 bits per heavy atom. The van der Waals surface area contributed by atoms with Crippen molar-refractivity contribution in [1.82, 2.24) is 0 Å². The molecule has 0 spiro atoms. The Labute approximate surface area is 182 Å². The second-order valence-electron chi connectivity index (χ2n) is 6.41. The van der Waals surface area contributed by atoms with Gasteiger partial charge in [-0.25, -0.2) is 0 Å². The van der Waals surface area contributed by atoms with E-state index in [2.05, 4.69) is 102 Å². The van der Waals surface area contributed by atoms with Crippen LogP contribution >= 0.6 is 19.1 Å². The van der Waals surface area contributed by atoms with Gasteiger partial charge in [0.25, 0.3) is 0 Å². The summed E-state index contributed by atoms with van der Waals surface area (Å²) >= 11 is 1.85. The minimum Gasteiger partial charge on any atom is -0.0929 e. The predicted octanol–water partition coefficient (Wildman–Crippen LogP) is 9.89. The SMILES string of the molecule is F[P-](F)(F)(F)(F)F.c1ccc(-c2csc([S+](c3ccccc3)c3ccccc3)c2)cc1. The Balaban J connectivity index is 0.000000339. The number of thiophene rings is 1. The minimum absolute atomic E-state index is 0.0491. The number of benzene rings is 3. The van der Waals surface area contributed by atoms with Crippen LogP contribution in [0.25, 0.3) is 11.1 Å². The minimum atomic E-state index is -10.7. The van der Waals surface area contributed by atoms with Crippen molar-refractivity contribution in [2.45, 2.75) is 14.0 Å². The van der Waals surface area contributed by atoms with Crippen LogP contribution in [0.3, 0.4) is 0 Å². The van der Waals surface area contributed by atoms with Crippen molar-refractivity contribution >= 4 is 30.0 Å². The van der Waals surface area contributed by atoms with Crippen molar-refractivity contribution in [2.24, 2.45) is 0 Å². The van der Waals surface area contributed by atoms with Gasteiger partial charge in [-0.15, -0.1) is 0 Å². The van der Waals surface area contributed by atoms with E-state index < -0.39 is 7.81 Å². The van der Waals surface area contributed by atoms with E-state index in [-0.39, 0.29) is 10.9 Å². The van der Waals surface area contributed by atoms with Crippen molar-refractivity contribution in [1.29, 1.82) is 0 Å². The van der Waals surface area contributed by atoms with Gasteiger partial charge in [-0.3, -0.25) is 0 Å². The molecule has 3 aromatic carbocycles. The zero-order valence-electron chi connectivity index (χ0n) is 15.8. The van der Waals surface area contributed by atoms with E-state index in [4.69, 9.17) is 0 Å². The molecule has 9 heteroatoms. The van der Waals surface area contributed by atoms with Crippen LogP contribution in [0.5, 0.6) is 0 Å². The first-order valence-electron chi connectivity index (χ1n) is 8.91. The second-order valence-corrected chi connectivity index (χ2v) is 11.5. The zero-order valence-corrected chi connectivity index (χ0v) is 18.4. The zero-order chi connectivity index (χ0) is 22.6. The van der Waals surface area contributed by atoms with E-state index in [1.807, 2.05) is 11.3 Å². The molecule has 0 aliphatic rings. The molecule has 0 aliphatic carbocycles. The molecular weight excluding hydrogens is 473 g/mol. The topological polar surface area (TPSA) is 0 Å². The smallest absolute Gasteiger partial charge is 0.0929 e. The summed E-state index contributed by atoms with van der Waals surface area (Å²) in [4.78, 5) is 2.73. The molecule has 0 aliphatic heterocycles. The molecule has 0 nitrogen and oxygen atoms in total. The molecule has 0 fully saturated rings. The molecule has 31 heavy (non-hydrogen) atoms. The summed E-state index contributed by atoms with van der Waals surface area (Å²) in [6.45, 7) is 0. The van der Waals surface area contributed by atoms with E-state index >= 15 is 0 Å². The fourth-order valence-corrected chi connectivity index (χ4v) is 6.28. The average Bonchev–Trinajstić information content (AvgIpc) is 3.18. The summed E-state index contributed by atoms with van der Waals surface area (Å²) in [5, 5.41) is 2.27.